The standard InChI is InChI=1S/C9H18N2O6/c1-8(2)5-3-4-6-9(17-11(14)15)7-16-10(12)13/h8-9H,3-7H2,1-2H3/t9-/m0/s1. The summed E-state index contributed by atoms with van der Waals surface area (Å²) in [5.74, 6) is 0.569. The lowest BCUT2D eigenvalue weighted by atomic mass is 10.0. The minimum absolute atomic E-state index is 0.377. The van der Waals surface area contributed by atoms with Crippen molar-refractivity contribution in [2.45, 2.75) is 45.6 Å². The van der Waals surface area contributed by atoms with Crippen LogP contribution >= 0.6 is 0 Å². The molecule has 17 heavy (non-hydrogen) atoms. The molecule has 0 aromatic heterocycles. The first kappa shape index (κ1) is 15.4. The summed E-state index contributed by atoms with van der Waals surface area (Å²) >= 11 is 0. The maximum atomic E-state index is 10.2. The number of hydrogen-bond donors (Lipinski definition) is 0. The molecule has 0 aromatic rings. The van der Waals surface area contributed by atoms with Gasteiger partial charge >= 0.3 is 0 Å². The zero-order valence-electron chi connectivity index (χ0n) is 10.0. The Kier molecular flexibility index (Phi) is 7.74. The van der Waals surface area contributed by atoms with Gasteiger partial charge in [0.05, 0.1) is 0 Å². The molecule has 1 atom stereocenters. The van der Waals surface area contributed by atoms with Gasteiger partial charge in [-0.1, -0.05) is 33.1 Å². The molecule has 0 N–H and O–H groups in total. The Morgan fingerprint density at radius 2 is 1.65 bits per heavy atom. The van der Waals surface area contributed by atoms with Crippen LogP contribution in [0.15, 0.2) is 0 Å². The maximum absolute atomic E-state index is 10.2. The molecule has 0 fully saturated rings. The molecule has 0 spiro atoms. The van der Waals surface area contributed by atoms with Crippen LogP contribution in [-0.4, -0.2) is 22.9 Å². The molecule has 100 valence electrons. The van der Waals surface area contributed by atoms with Gasteiger partial charge in [0.1, 0.15) is 12.7 Å². The van der Waals surface area contributed by atoms with Crippen LogP contribution in [0.2, 0.25) is 0 Å². The van der Waals surface area contributed by atoms with Crippen molar-refractivity contribution in [1.82, 2.24) is 0 Å². The fraction of sp³-hybridized carbons (Fsp3) is 1.00. The topological polar surface area (TPSA) is 105 Å². The maximum Gasteiger partial charge on any atom is 0.294 e. The van der Waals surface area contributed by atoms with E-state index >= 15 is 0 Å². The van der Waals surface area contributed by atoms with E-state index in [1.165, 1.54) is 0 Å². The smallest absolute Gasteiger partial charge is 0.294 e. The first-order chi connectivity index (χ1) is 7.91. The molecule has 8 heteroatoms. The second-order valence-corrected chi connectivity index (χ2v) is 4.15. The minimum atomic E-state index is -0.982. The number of unbranched alkanes of at least 4 members (excludes halogenated alkanes) is 1. The highest BCUT2D eigenvalue weighted by Crippen LogP contribution is 2.11. The fourth-order valence-electron chi connectivity index (χ4n) is 1.36. The molecule has 0 radical (unpaired) electrons. The van der Waals surface area contributed by atoms with Crippen molar-refractivity contribution in [2.24, 2.45) is 5.92 Å². The largest absolute Gasteiger partial charge is 0.312 e. The van der Waals surface area contributed by atoms with Gasteiger partial charge in [-0.3, -0.25) is 0 Å². The van der Waals surface area contributed by atoms with Crippen LogP contribution in [0, 0.1) is 26.1 Å². The third-order valence-corrected chi connectivity index (χ3v) is 2.16. The van der Waals surface area contributed by atoms with Gasteiger partial charge in [-0.05, 0) is 12.3 Å². The molecule has 0 saturated carbocycles. The zero-order valence-corrected chi connectivity index (χ0v) is 10.0. The van der Waals surface area contributed by atoms with E-state index < -0.39 is 22.9 Å². The zero-order chi connectivity index (χ0) is 13.3. The van der Waals surface area contributed by atoms with Gasteiger partial charge in [0, 0.05) is 0 Å². The Morgan fingerprint density at radius 1 is 1.06 bits per heavy atom. The average molecular weight is 250 g/mol. The van der Waals surface area contributed by atoms with Crippen LogP contribution in [0.5, 0.6) is 0 Å². The summed E-state index contributed by atoms with van der Waals surface area (Å²) in [6, 6.07) is 0. The van der Waals surface area contributed by atoms with Gasteiger partial charge in [0.2, 0.25) is 0 Å². The molecule has 0 heterocycles. The Hall–Kier alpha value is -1.60. The van der Waals surface area contributed by atoms with E-state index in [-0.39, 0.29) is 0 Å². The van der Waals surface area contributed by atoms with Crippen LogP contribution < -0.4 is 0 Å². The lowest BCUT2D eigenvalue weighted by Crippen LogP contribution is -2.24. The van der Waals surface area contributed by atoms with Crippen molar-refractivity contribution in [3.63, 3.8) is 0 Å². The third-order valence-electron chi connectivity index (χ3n) is 2.16. The highest BCUT2D eigenvalue weighted by Gasteiger charge is 2.15. The van der Waals surface area contributed by atoms with Crippen molar-refractivity contribution in [1.29, 1.82) is 0 Å². The molecule has 8 nitrogen and oxygen atoms in total. The summed E-state index contributed by atoms with van der Waals surface area (Å²) in [6.07, 6.45) is 2.15. The van der Waals surface area contributed by atoms with Gasteiger partial charge in [-0.25, -0.2) is 0 Å². The first-order valence-corrected chi connectivity index (χ1v) is 5.50. The van der Waals surface area contributed by atoms with Crippen LogP contribution in [0.25, 0.3) is 0 Å². The van der Waals surface area contributed by atoms with Crippen LogP contribution in [-0.2, 0) is 9.68 Å². The molecular formula is C9H18N2O6. The van der Waals surface area contributed by atoms with E-state index in [1.54, 1.807) is 0 Å². The van der Waals surface area contributed by atoms with Crippen LogP contribution in [0.4, 0.5) is 0 Å². The van der Waals surface area contributed by atoms with E-state index in [4.69, 9.17) is 0 Å². The van der Waals surface area contributed by atoms with Crippen LogP contribution in [0.3, 0.4) is 0 Å². The molecule has 0 aliphatic rings. The second kappa shape index (κ2) is 8.54. The Balaban J connectivity index is 3.84. The Bertz CT molecular complexity index is 246. The summed E-state index contributed by atoms with van der Waals surface area (Å²) in [5.41, 5.74) is 0. The Labute approximate surface area is 99.1 Å². The van der Waals surface area contributed by atoms with E-state index in [0.717, 1.165) is 19.3 Å². The SMILES string of the molecule is CC(C)CCCC[C@@H](CO[N+](=O)[O-])O[N+](=O)[O-]. The van der Waals surface area contributed by atoms with Crippen molar-refractivity contribution in [2.75, 3.05) is 6.61 Å². The first-order valence-electron chi connectivity index (χ1n) is 5.50. The van der Waals surface area contributed by atoms with Crippen molar-refractivity contribution >= 4 is 0 Å². The highest BCUT2D eigenvalue weighted by atomic mass is 17.0. The van der Waals surface area contributed by atoms with Gasteiger partial charge in [0.25, 0.3) is 10.2 Å². The van der Waals surface area contributed by atoms with Crippen molar-refractivity contribution < 1.29 is 19.8 Å². The summed E-state index contributed by atoms with van der Waals surface area (Å²) in [7, 11) is 0. The normalized spacial score (nSPS) is 12.2. The molecule has 0 aromatic carbocycles. The minimum Gasteiger partial charge on any atom is -0.312 e. The van der Waals surface area contributed by atoms with Crippen molar-refractivity contribution in [3.8, 4) is 0 Å². The van der Waals surface area contributed by atoms with E-state index in [2.05, 4.69) is 23.5 Å². The Morgan fingerprint density at radius 3 is 2.12 bits per heavy atom. The van der Waals surface area contributed by atoms with E-state index in [1.807, 2.05) is 0 Å². The lowest BCUT2D eigenvalue weighted by Gasteiger charge is -2.13. The lowest BCUT2D eigenvalue weighted by molar-refractivity contribution is -0.790. The fourth-order valence-corrected chi connectivity index (χ4v) is 1.36. The van der Waals surface area contributed by atoms with Gasteiger partial charge < -0.3 is 9.68 Å². The number of hydrogen-bond acceptors (Lipinski definition) is 6. The molecule has 0 rings (SSSR count). The molecule has 0 saturated heterocycles. The molecule has 0 aliphatic heterocycles. The summed E-state index contributed by atoms with van der Waals surface area (Å²) < 4.78 is 0. The summed E-state index contributed by atoms with van der Waals surface area (Å²) in [5, 5.41) is 18.2. The molecular weight excluding hydrogens is 232 g/mol. The summed E-state index contributed by atoms with van der Waals surface area (Å²) in [6.45, 7) is 3.76. The van der Waals surface area contributed by atoms with Crippen molar-refractivity contribution in [3.05, 3.63) is 20.2 Å². The van der Waals surface area contributed by atoms with E-state index in [0.29, 0.717) is 12.3 Å². The predicted molar refractivity (Wildman–Crippen MR) is 58.1 cm³/mol. The highest BCUT2D eigenvalue weighted by molar-refractivity contribution is 4.56. The van der Waals surface area contributed by atoms with Gasteiger partial charge in [-0.2, -0.15) is 0 Å². The number of rotatable bonds is 10. The quantitative estimate of drug-likeness (QED) is 0.333. The monoisotopic (exact) mass is 250 g/mol. The average Bonchev–Trinajstić information content (AvgIpc) is 2.19. The molecule has 0 amide bonds. The molecule has 0 aliphatic carbocycles. The van der Waals surface area contributed by atoms with Crippen LogP contribution in [0.1, 0.15) is 39.5 Å². The predicted octanol–water partition coefficient (Wildman–Crippen LogP) is 1.99. The molecule has 0 bridgehead atoms. The third kappa shape index (κ3) is 10.7. The van der Waals surface area contributed by atoms with Gasteiger partial charge in [0.15, 0.2) is 0 Å². The van der Waals surface area contributed by atoms with Gasteiger partial charge in [-0.15, -0.1) is 20.2 Å². The summed E-state index contributed by atoms with van der Waals surface area (Å²) in [4.78, 5) is 28.5. The molecule has 0 unspecified atom stereocenters. The van der Waals surface area contributed by atoms with E-state index in [9.17, 15) is 20.2 Å². The number of nitrogens with zero attached hydrogens (tertiary/aromatic N) is 2. The second-order valence-electron chi connectivity index (χ2n) is 4.15.